The molecule has 0 fully saturated rings. The van der Waals surface area contributed by atoms with Gasteiger partial charge in [-0.2, -0.15) is 5.10 Å². The van der Waals surface area contributed by atoms with Crippen molar-refractivity contribution in [2.24, 2.45) is 7.05 Å². The van der Waals surface area contributed by atoms with Crippen molar-refractivity contribution in [3.05, 3.63) is 41.7 Å². The topological polar surface area (TPSA) is 76.0 Å². The lowest BCUT2D eigenvalue weighted by molar-refractivity contribution is -0.114. The van der Waals surface area contributed by atoms with Crippen molar-refractivity contribution < 1.29 is 9.59 Å². The van der Waals surface area contributed by atoms with Gasteiger partial charge >= 0.3 is 0 Å². The third-order valence-electron chi connectivity index (χ3n) is 2.68. The summed E-state index contributed by atoms with van der Waals surface area (Å²) in [6, 6.07) is 8.68. The van der Waals surface area contributed by atoms with Crippen LogP contribution in [0, 0.1) is 6.92 Å². The quantitative estimate of drug-likeness (QED) is 0.896. The molecule has 6 heteroatoms. The van der Waals surface area contributed by atoms with Crippen LogP contribution in [-0.4, -0.2) is 21.6 Å². The molecule has 1 aromatic heterocycles. The van der Waals surface area contributed by atoms with Crippen LogP contribution in [0.5, 0.6) is 0 Å². The highest BCUT2D eigenvalue weighted by atomic mass is 16.2. The molecule has 2 rings (SSSR count). The van der Waals surface area contributed by atoms with Crippen molar-refractivity contribution in [3.63, 3.8) is 0 Å². The number of benzene rings is 1. The number of hydrogen-bond donors (Lipinski definition) is 2. The molecular formula is C14H16N4O2. The molecule has 0 saturated heterocycles. The van der Waals surface area contributed by atoms with E-state index in [4.69, 9.17) is 0 Å². The summed E-state index contributed by atoms with van der Waals surface area (Å²) in [5.41, 5.74) is 2.51. The average Bonchev–Trinajstić information content (AvgIpc) is 2.68. The molecule has 20 heavy (non-hydrogen) atoms. The molecule has 0 atom stereocenters. The average molecular weight is 272 g/mol. The first kappa shape index (κ1) is 13.8. The summed E-state index contributed by atoms with van der Waals surface area (Å²) in [7, 11) is 1.72. The van der Waals surface area contributed by atoms with E-state index < -0.39 is 0 Å². The highest BCUT2D eigenvalue weighted by molar-refractivity contribution is 6.03. The zero-order valence-electron chi connectivity index (χ0n) is 11.6. The summed E-state index contributed by atoms with van der Waals surface area (Å²) in [5, 5.41) is 9.57. The van der Waals surface area contributed by atoms with Gasteiger partial charge in [-0.15, -0.1) is 0 Å². The predicted molar refractivity (Wildman–Crippen MR) is 76.6 cm³/mol. The minimum atomic E-state index is -0.243. The predicted octanol–water partition coefficient (Wildman–Crippen LogP) is 1.94. The fourth-order valence-corrected chi connectivity index (χ4v) is 1.90. The van der Waals surface area contributed by atoms with Gasteiger partial charge in [0.15, 0.2) is 0 Å². The van der Waals surface area contributed by atoms with E-state index in [1.54, 1.807) is 37.4 Å². The van der Waals surface area contributed by atoms with Crippen molar-refractivity contribution in [1.29, 1.82) is 0 Å². The highest BCUT2D eigenvalue weighted by Gasteiger charge is 2.12. The Morgan fingerprint density at radius 1 is 1.15 bits per heavy atom. The van der Waals surface area contributed by atoms with Crippen molar-refractivity contribution in [1.82, 2.24) is 9.78 Å². The second kappa shape index (κ2) is 5.56. The number of nitrogens with zero attached hydrogens (tertiary/aromatic N) is 2. The Balaban J connectivity index is 2.15. The largest absolute Gasteiger partial charge is 0.326 e. The lowest BCUT2D eigenvalue weighted by Crippen LogP contribution is -2.16. The lowest BCUT2D eigenvalue weighted by atomic mass is 10.2. The second-order valence-electron chi connectivity index (χ2n) is 4.51. The van der Waals surface area contributed by atoms with Crippen molar-refractivity contribution in [2.75, 3.05) is 10.6 Å². The van der Waals surface area contributed by atoms with Crippen LogP contribution >= 0.6 is 0 Å². The summed E-state index contributed by atoms with van der Waals surface area (Å²) in [6.45, 7) is 3.26. The molecule has 104 valence electrons. The van der Waals surface area contributed by atoms with Gasteiger partial charge in [0.05, 0.1) is 5.69 Å². The van der Waals surface area contributed by atoms with Gasteiger partial charge in [-0.3, -0.25) is 14.3 Å². The first-order valence-electron chi connectivity index (χ1n) is 6.15. The maximum atomic E-state index is 12.1. The molecule has 0 saturated carbocycles. The van der Waals surface area contributed by atoms with E-state index in [9.17, 15) is 9.59 Å². The Labute approximate surface area is 116 Å². The number of aryl methyl sites for hydroxylation is 2. The van der Waals surface area contributed by atoms with Crippen LogP contribution in [0.3, 0.4) is 0 Å². The van der Waals surface area contributed by atoms with Gasteiger partial charge in [0.2, 0.25) is 5.91 Å². The standard InChI is InChI=1S/C14H16N4O2/c1-9-7-13(18(3)17-9)14(20)16-12-6-4-5-11(8-12)15-10(2)19/h4-8H,1-3H3,(H,15,19)(H,16,20). The van der Waals surface area contributed by atoms with Gasteiger partial charge in [0.25, 0.3) is 5.91 Å². The SMILES string of the molecule is CC(=O)Nc1cccc(NC(=O)c2cc(C)nn2C)c1. The number of amides is 2. The summed E-state index contributed by atoms with van der Waals surface area (Å²) >= 11 is 0. The second-order valence-corrected chi connectivity index (χ2v) is 4.51. The van der Waals surface area contributed by atoms with E-state index in [1.165, 1.54) is 11.6 Å². The molecule has 0 radical (unpaired) electrons. The van der Waals surface area contributed by atoms with Gasteiger partial charge in [-0.1, -0.05) is 6.07 Å². The summed E-state index contributed by atoms with van der Waals surface area (Å²) in [6.07, 6.45) is 0. The fraction of sp³-hybridized carbons (Fsp3) is 0.214. The molecule has 2 amide bonds. The number of aromatic nitrogens is 2. The van der Waals surface area contributed by atoms with Crippen LogP contribution in [-0.2, 0) is 11.8 Å². The van der Waals surface area contributed by atoms with Crippen LogP contribution in [0.2, 0.25) is 0 Å². The summed E-state index contributed by atoms with van der Waals surface area (Å²) in [4.78, 5) is 23.1. The number of carbonyl (C=O) groups is 2. The van der Waals surface area contributed by atoms with Crippen LogP contribution in [0.4, 0.5) is 11.4 Å². The third kappa shape index (κ3) is 3.23. The van der Waals surface area contributed by atoms with Crippen LogP contribution in [0.25, 0.3) is 0 Å². The fourth-order valence-electron chi connectivity index (χ4n) is 1.90. The maximum absolute atomic E-state index is 12.1. The van der Waals surface area contributed by atoms with Crippen molar-refractivity contribution in [2.45, 2.75) is 13.8 Å². The van der Waals surface area contributed by atoms with E-state index in [0.717, 1.165) is 5.69 Å². The smallest absolute Gasteiger partial charge is 0.273 e. The monoisotopic (exact) mass is 272 g/mol. The summed E-state index contributed by atoms with van der Waals surface area (Å²) in [5.74, 6) is -0.399. The molecule has 2 N–H and O–H groups in total. The maximum Gasteiger partial charge on any atom is 0.273 e. The Morgan fingerprint density at radius 3 is 2.35 bits per heavy atom. The number of hydrogen-bond acceptors (Lipinski definition) is 3. The minimum Gasteiger partial charge on any atom is -0.326 e. The zero-order chi connectivity index (χ0) is 14.7. The zero-order valence-corrected chi connectivity index (χ0v) is 11.6. The van der Waals surface area contributed by atoms with Gasteiger partial charge in [0.1, 0.15) is 5.69 Å². The molecule has 6 nitrogen and oxygen atoms in total. The molecule has 0 aliphatic carbocycles. The number of nitrogens with one attached hydrogen (secondary N) is 2. The first-order chi connectivity index (χ1) is 9.45. The molecule has 0 spiro atoms. The minimum absolute atomic E-state index is 0.157. The molecule has 0 unspecified atom stereocenters. The molecule has 1 aromatic carbocycles. The molecule has 0 aliphatic rings. The number of anilines is 2. The van der Waals surface area contributed by atoms with Gasteiger partial charge in [-0.05, 0) is 31.2 Å². The molecular weight excluding hydrogens is 256 g/mol. The van der Waals surface area contributed by atoms with Gasteiger partial charge in [0, 0.05) is 25.3 Å². The Kier molecular flexibility index (Phi) is 3.84. The molecule has 0 bridgehead atoms. The lowest BCUT2D eigenvalue weighted by Gasteiger charge is -2.07. The van der Waals surface area contributed by atoms with Crippen molar-refractivity contribution in [3.8, 4) is 0 Å². The molecule has 2 aromatic rings. The highest BCUT2D eigenvalue weighted by Crippen LogP contribution is 2.16. The van der Waals surface area contributed by atoms with E-state index in [1.807, 2.05) is 6.92 Å². The Morgan fingerprint density at radius 2 is 1.80 bits per heavy atom. The van der Waals surface area contributed by atoms with Crippen LogP contribution in [0.1, 0.15) is 23.1 Å². The normalized spacial score (nSPS) is 10.2. The van der Waals surface area contributed by atoms with Crippen molar-refractivity contribution >= 4 is 23.2 Å². The molecule has 0 aliphatic heterocycles. The number of rotatable bonds is 3. The van der Waals surface area contributed by atoms with E-state index in [-0.39, 0.29) is 11.8 Å². The van der Waals surface area contributed by atoms with E-state index >= 15 is 0 Å². The summed E-state index contributed by atoms with van der Waals surface area (Å²) < 4.78 is 1.53. The Hall–Kier alpha value is -2.63. The van der Waals surface area contributed by atoms with Gasteiger partial charge in [-0.25, -0.2) is 0 Å². The molecule has 1 heterocycles. The number of carbonyl (C=O) groups excluding carboxylic acids is 2. The van der Waals surface area contributed by atoms with E-state index in [2.05, 4.69) is 15.7 Å². The van der Waals surface area contributed by atoms with E-state index in [0.29, 0.717) is 17.1 Å². The first-order valence-corrected chi connectivity index (χ1v) is 6.15. The Bertz CT molecular complexity index is 661. The third-order valence-corrected chi connectivity index (χ3v) is 2.68. The van der Waals surface area contributed by atoms with Gasteiger partial charge < -0.3 is 10.6 Å². The van der Waals surface area contributed by atoms with Crippen LogP contribution < -0.4 is 10.6 Å². The van der Waals surface area contributed by atoms with Crippen LogP contribution in [0.15, 0.2) is 30.3 Å².